The zero-order valence-corrected chi connectivity index (χ0v) is 22.0. The number of nitrogens with zero attached hydrogens (tertiary/aromatic N) is 4. The lowest BCUT2D eigenvalue weighted by molar-refractivity contribution is 0.0220. The molecule has 2 rings (SSSR count). The SMILES string of the molecule is CCNC(=NCC(C)N1CCOCC1)N1CCN(S(=O)(=O)CCOC(C)C)CC1.I. The summed E-state index contributed by atoms with van der Waals surface area (Å²) in [6.45, 7) is 15.5. The first-order chi connectivity index (χ1) is 13.8. The van der Waals surface area contributed by atoms with Crippen molar-refractivity contribution in [3.8, 4) is 0 Å². The molecule has 0 radical (unpaired) electrons. The summed E-state index contributed by atoms with van der Waals surface area (Å²) in [6.07, 6.45) is 0.0424. The third-order valence-corrected chi connectivity index (χ3v) is 7.07. The molecular formula is C19H40IN5O4S. The third kappa shape index (κ3) is 9.11. The van der Waals surface area contributed by atoms with Gasteiger partial charge < -0.3 is 19.7 Å². The maximum absolute atomic E-state index is 12.5. The molecular weight excluding hydrogens is 521 g/mol. The standard InChI is InChI=1S/C19H39N5O4S.HI/c1-5-20-19(21-16-18(4)22-10-12-27-13-11-22)23-6-8-24(9-7-23)29(25,26)15-14-28-17(2)3;/h17-18H,5-16H2,1-4H3,(H,20,21);1H. The molecule has 9 nitrogen and oxygen atoms in total. The van der Waals surface area contributed by atoms with E-state index in [1.807, 2.05) is 13.8 Å². The van der Waals surface area contributed by atoms with Crippen LogP contribution in [0, 0.1) is 0 Å². The molecule has 2 aliphatic heterocycles. The Hall–Kier alpha value is -0.210. The topological polar surface area (TPSA) is 86.7 Å². The quantitative estimate of drug-likeness (QED) is 0.252. The average Bonchev–Trinajstić information content (AvgIpc) is 2.71. The van der Waals surface area contributed by atoms with E-state index in [0.29, 0.717) is 38.8 Å². The van der Waals surface area contributed by atoms with Crippen LogP contribution in [-0.4, -0.2) is 119 Å². The zero-order valence-electron chi connectivity index (χ0n) is 18.9. The predicted molar refractivity (Wildman–Crippen MR) is 131 cm³/mol. The summed E-state index contributed by atoms with van der Waals surface area (Å²) in [7, 11) is -3.28. The van der Waals surface area contributed by atoms with E-state index in [9.17, 15) is 8.42 Å². The Kier molecular flexibility index (Phi) is 13.0. The number of halogens is 1. The molecule has 0 bridgehead atoms. The van der Waals surface area contributed by atoms with E-state index in [0.717, 1.165) is 38.8 Å². The van der Waals surface area contributed by atoms with Crippen LogP contribution in [0.3, 0.4) is 0 Å². The number of guanidine groups is 1. The molecule has 1 atom stereocenters. The highest BCUT2D eigenvalue weighted by atomic mass is 127. The number of rotatable bonds is 9. The van der Waals surface area contributed by atoms with Crippen molar-refractivity contribution >= 4 is 40.0 Å². The van der Waals surface area contributed by atoms with Crippen molar-refractivity contribution in [2.45, 2.75) is 39.8 Å². The molecule has 1 N–H and O–H groups in total. The van der Waals surface area contributed by atoms with E-state index < -0.39 is 10.0 Å². The van der Waals surface area contributed by atoms with Crippen LogP contribution in [-0.2, 0) is 19.5 Å². The first kappa shape index (κ1) is 27.8. The van der Waals surface area contributed by atoms with Gasteiger partial charge in [-0.3, -0.25) is 9.89 Å². The van der Waals surface area contributed by atoms with E-state index >= 15 is 0 Å². The fraction of sp³-hybridized carbons (Fsp3) is 0.947. The second-order valence-corrected chi connectivity index (χ2v) is 9.90. The molecule has 2 fully saturated rings. The van der Waals surface area contributed by atoms with Gasteiger partial charge in [-0.15, -0.1) is 24.0 Å². The molecule has 1 unspecified atom stereocenters. The second kappa shape index (κ2) is 14.0. The Morgan fingerprint density at radius 2 is 1.73 bits per heavy atom. The molecule has 2 aliphatic rings. The summed E-state index contributed by atoms with van der Waals surface area (Å²) >= 11 is 0. The van der Waals surface area contributed by atoms with Gasteiger partial charge in [0.2, 0.25) is 10.0 Å². The molecule has 2 saturated heterocycles. The molecule has 178 valence electrons. The Balaban J connectivity index is 0.00000450. The molecule has 0 aromatic heterocycles. The minimum atomic E-state index is -3.28. The maximum Gasteiger partial charge on any atom is 0.216 e. The van der Waals surface area contributed by atoms with Crippen LogP contribution >= 0.6 is 24.0 Å². The third-order valence-electron chi connectivity index (χ3n) is 5.23. The van der Waals surface area contributed by atoms with Crippen molar-refractivity contribution in [3.05, 3.63) is 0 Å². The van der Waals surface area contributed by atoms with Crippen LogP contribution in [0.2, 0.25) is 0 Å². The summed E-state index contributed by atoms with van der Waals surface area (Å²) in [5, 5.41) is 3.36. The van der Waals surface area contributed by atoms with E-state index in [2.05, 4.69) is 29.0 Å². The smallest absolute Gasteiger partial charge is 0.216 e. The molecule has 11 heteroatoms. The first-order valence-corrected chi connectivity index (χ1v) is 12.4. The largest absolute Gasteiger partial charge is 0.379 e. The van der Waals surface area contributed by atoms with Crippen molar-refractivity contribution in [1.29, 1.82) is 0 Å². The Bertz CT molecular complexity index is 606. The van der Waals surface area contributed by atoms with Crippen molar-refractivity contribution in [1.82, 2.24) is 19.4 Å². The van der Waals surface area contributed by atoms with Gasteiger partial charge >= 0.3 is 0 Å². The molecule has 0 aliphatic carbocycles. The summed E-state index contributed by atoms with van der Waals surface area (Å²) in [6, 6.07) is 0.357. The van der Waals surface area contributed by atoms with Gasteiger partial charge in [0.05, 0.1) is 38.2 Å². The van der Waals surface area contributed by atoms with Gasteiger partial charge in [0.15, 0.2) is 5.96 Å². The number of hydrogen-bond acceptors (Lipinski definition) is 6. The Labute approximate surface area is 199 Å². The molecule has 0 aromatic carbocycles. The van der Waals surface area contributed by atoms with Crippen LogP contribution in [0.25, 0.3) is 0 Å². The molecule has 2 heterocycles. The minimum absolute atomic E-state index is 0. The predicted octanol–water partition coefficient (Wildman–Crippen LogP) is 0.663. The van der Waals surface area contributed by atoms with Crippen molar-refractivity contribution in [3.63, 3.8) is 0 Å². The lowest BCUT2D eigenvalue weighted by atomic mass is 10.2. The number of aliphatic imine (C=N–C) groups is 1. The van der Waals surface area contributed by atoms with E-state index in [4.69, 9.17) is 14.5 Å². The Morgan fingerprint density at radius 3 is 2.30 bits per heavy atom. The normalized spacial score (nSPS) is 20.8. The Morgan fingerprint density at radius 1 is 1.10 bits per heavy atom. The molecule has 30 heavy (non-hydrogen) atoms. The van der Waals surface area contributed by atoms with Gasteiger partial charge in [-0.05, 0) is 27.7 Å². The van der Waals surface area contributed by atoms with E-state index in [1.165, 1.54) is 0 Å². The highest BCUT2D eigenvalue weighted by Crippen LogP contribution is 2.10. The van der Waals surface area contributed by atoms with Crippen LogP contribution < -0.4 is 5.32 Å². The number of ether oxygens (including phenoxy) is 2. The van der Waals surface area contributed by atoms with Crippen molar-refractivity contribution in [2.24, 2.45) is 4.99 Å². The van der Waals surface area contributed by atoms with Gasteiger partial charge in [-0.25, -0.2) is 8.42 Å². The minimum Gasteiger partial charge on any atom is -0.379 e. The van der Waals surface area contributed by atoms with Gasteiger partial charge in [-0.2, -0.15) is 4.31 Å². The van der Waals surface area contributed by atoms with Gasteiger partial charge in [0.25, 0.3) is 0 Å². The van der Waals surface area contributed by atoms with Crippen molar-refractivity contribution < 1.29 is 17.9 Å². The summed E-state index contributed by atoms with van der Waals surface area (Å²) in [5.74, 6) is 0.906. The highest BCUT2D eigenvalue weighted by Gasteiger charge is 2.28. The van der Waals surface area contributed by atoms with Gasteiger partial charge in [-0.1, -0.05) is 0 Å². The first-order valence-electron chi connectivity index (χ1n) is 10.8. The second-order valence-electron chi connectivity index (χ2n) is 7.81. The highest BCUT2D eigenvalue weighted by molar-refractivity contribution is 14.0. The van der Waals surface area contributed by atoms with Crippen LogP contribution in [0.15, 0.2) is 4.99 Å². The van der Waals surface area contributed by atoms with Crippen LogP contribution in [0.5, 0.6) is 0 Å². The van der Waals surface area contributed by atoms with E-state index in [1.54, 1.807) is 4.31 Å². The van der Waals surface area contributed by atoms with Crippen LogP contribution in [0.4, 0.5) is 0 Å². The molecule has 0 spiro atoms. The average molecular weight is 562 g/mol. The number of nitrogens with one attached hydrogen (secondary N) is 1. The molecule has 0 amide bonds. The van der Waals surface area contributed by atoms with Crippen molar-refractivity contribution in [2.75, 3.05) is 77.9 Å². The number of morpholine rings is 1. The fourth-order valence-corrected chi connectivity index (χ4v) is 4.76. The molecule has 0 aromatic rings. The summed E-state index contributed by atoms with van der Waals surface area (Å²) in [4.78, 5) is 9.39. The zero-order chi connectivity index (χ0) is 21.3. The lowest BCUT2D eigenvalue weighted by Gasteiger charge is -2.36. The fourth-order valence-electron chi connectivity index (χ4n) is 3.47. The molecule has 0 saturated carbocycles. The lowest BCUT2D eigenvalue weighted by Crippen LogP contribution is -2.54. The van der Waals surface area contributed by atoms with Gasteiger partial charge in [0, 0.05) is 51.9 Å². The van der Waals surface area contributed by atoms with Gasteiger partial charge in [0.1, 0.15) is 0 Å². The van der Waals surface area contributed by atoms with E-state index in [-0.39, 0.29) is 42.4 Å². The summed E-state index contributed by atoms with van der Waals surface area (Å²) in [5.41, 5.74) is 0. The number of hydrogen-bond donors (Lipinski definition) is 1. The number of sulfonamides is 1. The summed E-state index contributed by atoms with van der Waals surface area (Å²) < 4.78 is 37.5. The maximum atomic E-state index is 12.5. The monoisotopic (exact) mass is 561 g/mol. The number of piperazine rings is 1. The van der Waals surface area contributed by atoms with Crippen LogP contribution in [0.1, 0.15) is 27.7 Å².